The number of esters is 1. The van der Waals surface area contributed by atoms with Gasteiger partial charge in [0.1, 0.15) is 17.2 Å². The molecule has 0 heterocycles. The SMILES string of the molecule is NCC(=O)Oc1ccc(Oc2ccccc2)cc1. The van der Waals surface area contributed by atoms with Crippen LogP contribution in [0, 0.1) is 0 Å². The number of para-hydroxylation sites is 1. The fourth-order valence-corrected chi connectivity index (χ4v) is 1.37. The van der Waals surface area contributed by atoms with Crippen molar-refractivity contribution in [3.05, 3.63) is 54.6 Å². The third-order valence-corrected chi connectivity index (χ3v) is 2.20. The van der Waals surface area contributed by atoms with Crippen LogP contribution in [-0.2, 0) is 4.79 Å². The molecule has 92 valence electrons. The van der Waals surface area contributed by atoms with Crippen LogP contribution in [-0.4, -0.2) is 12.5 Å². The Labute approximate surface area is 105 Å². The van der Waals surface area contributed by atoms with Crippen LogP contribution >= 0.6 is 0 Å². The Morgan fingerprint density at radius 1 is 0.889 bits per heavy atom. The summed E-state index contributed by atoms with van der Waals surface area (Å²) in [5.74, 6) is 1.41. The molecular weight excluding hydrogens is 230 g/mol. The zero-order chi connectivity index (χ0) is 12.8. The van der Waals surface area contributed by atoms with Crippen molar-refractivity contribution in [1.29, 1.82) is 0 Å². The molecule has 0 unspecified atom stereocenters. The Bertz CT molecular complexity index is 508. The molecule has 2 aromatic rings. The number of hydrogen-bond acceptors (Lipinski definition) is 4. The van der Waals surface area contributed by atoms with E-state index < -0.39 is 5.97 Å². The quantitative estimate of drug-likeness (QED) is 0.661. The van der Waals surface area contributed by atoms with E-state index in [4.69, 9.17) is 15.2 Å². The third kappa shape index (κ3) is 3.33. The highest BCUT2D eigenvalue weighted by molar-refractivity contribution is 5.74. The third-order valence-electron chi connectivity index (χ3n) is 2.20. The Morgan fingerprint density at radius 2 is 1.44 bits per heavy atom. The first-order valence-electron chi connectivity index (χ1n) is 5.51. The lowest BCUT2D eigenvalue weighted by molar-refractivity contribution is -0.132. The molecule has 0 spiro atoms. The highest BCUT2D eigenvalue weighted by Gasteiger charge is 2.02. The number of ether oxygens (including phenoxy) is 2. The molecule has 2 aromatic carbocycles. The molecule has 2 N–H and O–H groups in total. The van der Waals surface area contributed by atoms with Crippen LogP contribution in [0.5, 0.6) is 17.2 Å². The minimum atomic E-state index is -0.466. The molecule has 0 amide bonds. The van der Waals surface area contributed by atoms with Gasteiger partial charge in [-0.25, -0.2) is 0 Å². The normalized spacial score (nSPS) is 9.83. The van der Waals surface area contributed by atoms with Gasteiger partial charge in [0.2, 0.25) is 0 Å². The van der Waals surface area contributed by atoms with Gasteiger partial charge in [-0.05, 0) is 36.4 Å². The van der Waals surface area contributed by atoms with E-state index in [-0.39, 0.29) is 6.54 Å². The average molecular weight is 243 g/mol. The van der Waals surface area contributed by atoms with Gasteiger partial charge in [0, 0.05) is 0 Å². The van der Waals surface area contributed by atoms with Gasteiger partial charge in [0.05, 0.1) is 6.54 Å². The molecule has 18 heavy (non-hydrogen) atoms. The zero-order valence-electron chi connectivity index (χ0n) is 9.71. The Balaban J connectivity index is 2.02. The van der Waals surface area contributed by atoms with E-state index in [0.717, 1.165) is 5.75 Å². The standard InChI is InChI=1S/C14H13NO3/c15-10-14(16)18-13-8-6-12(7-9-13)17-11-4-2-1-3-5-11/h1-9H,10,15H2. The van der Waals surface area contributed by atoms with Crippen molar-refractivity contribution in [1.82, 2.24) is 0 Å². The number of rotatable bonds is 4. The molecule has 0 saturated carbocycles. The first kappa shape index (κ1) is 12.1. The number of carbonyl (C=O) groups is 1. The summed E-state index contributed by atoms with van der Waals surface area (Å²) < 4.78 is 10.5. The molecule has 4 nitrogen and oxygen atoms in total. The van der Waals surface area contributed by atoms with E-state index in [2.05, 4.69) is 0 Å². The van der Waals surface area contributed by atoms with Gasteiger partial charge in [0.15, 0.2) is 0 Å². The molecule has 2 rings (SSSR count). The Kier molecular flexibility index (Phi) is 3.94. The number of carbonyl (C=O) groups excluding carboxylic acids is 1. The second-order valence-electron chi connectivity index (χ2n) is 3.56. The molecule has 0 fully saturated rings. The molecule has 0 saturated heterocycles. The predicted octanol–water partition coefficient (Wildman–Crippen LogP) is 2.34. The fraction of sp³-hybridized carbons (Fsp3) is 0.0714. The van der Waals surface area contributed by atoms with Crippen molar-refractivity contribution in [2.75, 3.05) is 6.54 Å². The lowest BCUT2D eigenvalue weighted by Gasteiger charge is -2.06. The monoisotopic (exact) mass is 243 g/mol. The summed E-state index contributed by atoms with van der Waals surface area (Å²) in [6, 6.07) is 16.2. The van der Waals surface area contributed by atoms with Crippen molar-refractivity contribution >= 4 is 5.97 Å². The predicted molar refractivity (Wildman–Crippen MR) is 67.6 cm³/mol. The summed E-state index contributed by atoms with van der Waals surface area (Å²) in [7, 11) is 0. The second-order valence-corrected chi connectivity index (χ2v) is 3.56. The van der Waals surface area contributed by atoms with Gasteiger partial charge in [-0.15, -0.1) is 0 Å². The van der Waals surface area contributed by atoms with Crippen LogP contribution in [0.25, 0.3) is 0 Å². The summed E-state index contributed by atoms with van der Waals surface area (Å²) in [5.41, 5.74) is 5.15. The largest absolute Gasteiger partial charge is 0.457 e. The number of nitrogens with two attached hydrogens (primary N) is 1. The van der Waals surface area contributed by atoms with E-state index in [0.29, 0.717) is 11.5 Å². The summed E-state index contributed by atoms with van der Waals surface area (Å²) in [4.78, 5) is 11.0. The summed E-state index contributed by atoms with van der Waals surface area (Å²) in [6.45, 7) is -0.137. The summed E-state index contributed by atoms with van der Waals surface area (Å²) in [5, 5.41) is 0. The zero-order valence-corrected chi connectivity index (χ0v) is 9.71. The minimum Gasteiger partial charge on any atom is -0.457 e. The first-order valence-corrected chi connectivity index (χ1v) is 5.51. The molecule has 0 radical (unpaired) electrons. The van der Waals surface area contributed by atoms with Crippen molar-refractivity contribution in [3.8, 4) is 17.2 Å². The lowest BCUT2D eigenvalue weighted by Crippen LogP contribution is -2.19. The maximum absolute atomic E-state index is 11.0. The second kappa shape index (κ2) is 5.84. The van der Waals surface area contributed by atoms with E-state index in [1.807, 2.05) is 30.3 Å². The van der Waals surface area contributed by atoms with Gasteiger partial charge in [-0.3, -0.25) is 4.79 Å². The van der Waals surface area contributed by atoms with Crippen LogP contribution in [0.1, 0.15) is 0 Å². The van der Waals surface area contributed by atoms with Gasteiger partial charge in [0.25, 0.3) is 0 Å². The average Bonchev–Trinajstić information content (AvgIpc) is 2.42. The van der Waals surface area contributed by atoms with Crippen molar-refractivity contribution in [2.45, 2.75) is 0 Å². The van der Waals surface area contributed by atoms with Crippen molar-refractivity contribution in [2.24, 2.45) is 5.73 Å². The fourth-order valence-electron chi connectivity index (χ4n) is 1.37. The van der Waals surface area contributed by atoms with Gasteiger partial charge in [-0.2, -0.15) is 0 Å². The van der Waals surface area contributed by atoms with Gasteiger partial charge < -0.3 is 15.2 Å². The van der Waals surface area contributed by atoms with Crippen LogP contribution in [0.3, 0.4) is 0 Å². The topological polar surface area (TPSA) is 61.6 Å². The van der Waals surface area contributed by atoms with Crippen molar-refractivity contribution in [3.63, 3.8) is 0 Å². The molecule has 0 aromatic heterocycles. The number of hydrogen-bond donors (Lipinski definition) is 1. The van der Waals surface area contributed by atoms with Crippen LogP contribution in [0.2, 0.25) is 0 Å². The Morgan fingerprint density at radius 3 is 2.06 bits per heavy atom. The van der Waals surface area contributed by atoms with Crippen molar-refractivity contribution < 1.29 is 14.3 Å². The molecule has 0 aliphatic rings. The van der Waals surface area contributed by atoms with Crippen LogP contribution < -0.4 is 15.2 Å². The molecule has 4 heteroatoms. The van der Waals surface area contributed by atoms with Crippen LogP contribution in [0.15, 0.2) is 54.6 Å². The van der Waals surface area contributed by atoms with E-state index in [9.17, 15) is 4.79 Å². The molecule has 0 aliphatic carbocycles. The maximum Gasteiger partial charge on any atom is 0.325 e. The highest BCUT2D eigenvalue weighted by atomic mass is 16.5. The smallest absolute Gasteiger partial charge is 0.325 e. The molecule has 0 bridgehead atoms. The minimum absolute atomic E-state index is 0.137. The van der Waals surface area contributed by atoms with E-state index in [1.54, 1.807) is 24.3 Å². The molecule has 0 atom stereocenters. The maximum atomic E-state index is 11.0. The van der Waals surface area contributed by atoms with Gasteiger partial charge in [-0.1, -0.05) is 18.2 Å². The Hall–Kier alpha value is -2.33. The van der Waals surface area contributed by atoms with E-state index >= 15 is 0 Å². The van der Waals surface area contributed by atoms with Crippen LogP contribution in [0.4, 0.5) is 0 Å². The molecule has 0 aliphatic heterocycles. The molecular formula is C14H13NO3. The lowest BCUT2D eigenvalue weighted by atomic mass is 10.3. The summed E-state index contributed by atoms with van der Waals surface area (Å²) >= 11 is 0. The highest BCUT2D eigenvalue weighted by Crippen LogP contribution is 2.23. The number of benzene rings is 2. The first-order chi connectivity index (χ1) is 8.78. The summed E-state index contributed by atoms with van der Waals surface area (Å²) in [6.07, 6.45) is 0. The van der Waals surface area contributed by atoms with E-state index in [1.165, 1.54) is 0 Å². The van der Waals surface area contributed by atoms with Gasteiger partial charge >= 0.3 is 5.97 Å².